The number of benzene rings is 1. The van der Waals surface area contributed by atoms with E-state index in [-0.39, 0.29) is 23.6 Å². The van der Waals surface area contributed by atoms with Crippen LogP contribution in [0.25, 0.3) is 0 Å². The minimum absolute atomic E-state index is 0.0869. The van der Waals surface area contributed by atoms with Crippen LogP contribution in [0.5, 0.6) is 0 Å². The average molecular weight is 652 g/mol. The number of carbonyl (C=O) groups excluding carboxylic acids is 4. The number of amides is 4. The largest absolute Gasteiger partial charge is 0.477 e. The molecule has 1 saturated heterocycles. The number of hydrogen-bond acceptors (Lipinski definition) is 11. The van der Waals surface area contributed by atoms with E-state index in [9.17, 15) is 34.0 Å². The fourth-order valence-corrected chi connectivity index (χ4v) is 7.65. The van der Waals surface area contributed by atoms with Crippen LogP contribution in [0.3, 0.4) is 0 Å². The molecule has 1 aromatic rings. The van der Waals surface area contributed by atoms with Crippen LogP contribution < -0.4 is 5.32 Å². The zero-order chi connectivity index (χ0) is 31.1. The molecule has 3 aliphatic heterocycles. The maximum absolute atomic E-state index is 13.0. The van der Waals surface area contributed by atoms with Crippen LogP contribution in [-0.2, 0) is 33.4 Å². The number of methoxy groups -OCH3 is 1. The minimum atomic E-state index is -1.23. The Bertz CT molecular complexity index is 1370. The molecule has 0 radical (unpaired) electrons. The molecule has 2 atom stereocenters. The number of aliphatic carboxylic acids is 1. The van der Waals surface area contributed by atoms with Gasteiger partial charge >= 0.3 is 5.97 Å². The van der Waals surface area contributed by atoms with Crippen molar-refractivity contribution in [1.29, 1.82) is 0 Å². The van der Waals surface area contributed by atoms with Gasteiger partial charge < -0.3 is 19.9 Å². The first-order valence-electron chi connectivity index (χ1n) is 13.2. The highest BCUT2D eigenvalue weighted by molar-refractivity contribution is 8.04. The first-order chi connectivity index (χ1) is 20.6. The zero-order valence-corrected chi connectivity index (χ0v) is 25.9. The summed E-state index contributed by atoms with van der Waals surface area (Å²) in [5, 5.41) is 12.0. The molecular formula is C27H31N4O9S3+. The van der Waals surface area contributed by atoms with Gasteiger partial charge in [0.05, 0.1) is 24.7 Å². The van der Waals surface area contributed by atoms with Crippen LogP contribution >= 0.6 is 35.3 Å². The van der Waals surface area contributed by atoms with Crippen molar-refractivity contribution in [3.05, 3.63) is 51.4 Å². The number of rotatable bonds is 16. The number of β-lactam (4-membered cyclic amide) rings is 1. The van der Waals surface area contributed by atoms with Crippen molar-refractivity contribution in [1.82, 2.24) is 15.1 Å². The average Bonchev–Trinajstić information content (AvgIpc) is 3.26. The molecule has 0 aromatic heterocycles. The van der Waals surface area contributed by atoms with E-state index < -0.39 is 41.0 Å². The number of nitrogens with one attached hydrogen (secondary N) is 1. The van der Waals surface area contributed by atoms with Crippen LogP contribution in [0.15, 0.2) is 51.4 Å². The molecule has 43 heavy (non-hydrogen) atoms. The fourth-order valence-electron chi connectivity index (χ4n) is 4.43. The van der Waals surface area contributed by atoms with Gasteiger partial charge in [-0.2, -0.15) is 0 Å². The minimum Gasteiger partial charge on any atom is -0.477 e. The summed E-state index contributed by atoms with van der Waals surface area (Å²) in [5.74, 6) is -2.11. The third-order valence-corrected chi connectivity index (χ3v) is 10.0. The lowest BCUT2D eigenvalue weighted by molar-refractivity contribution is -0.428. The van der Waals surface area contributed by atoms with Gasteiger partial charge in [-0.05, 0) is 17.7 Å². The second-order valence-corrected chi connectivity index (χ2v) is 12.8. The van der Waals surface area contributed by atoms with Gasteiger partial charge in [-0.1, -0.05) is 0 Å². The van der Waals surface area contributed by atoms with Crippen molar-refractivity contribution < 1.29 is 43.3 Å². The third kappa shape index (κ3) is 7.86. The topological polar surface area (TPSA) is 163 Å². The van der Waals surface area contributed by atoms with Gasteiger partial charge in [0.2, 0.25) is 5.91 Å². The van der Waals surface area contributed by atoms with E-state index in [1.54, 1.807) is 31.4 Å². The Morgan fingerprint density at radius 3 is 2.56 bits per heavy atom. The summed E-state index contributed by atoms with van der Waals surface area (Å²) >= 11 is 3.95. The SMILES string of the molecule is COCCOCCSC1=CC(=O)N(CCC(=O)NC2C(=O)N3C(C(=O)O)=C(CSc4ccc([N+](C)=O)cc4)CSC23)C1=O. The maximum atomic E-state index is 13.0. The van der Waals surface area contributed by atoms with Gasteiger partial charge in [0, 0.05) is 70.1 Å². The van der Waals surface area contributed by atoms with Crippen molar-refractivity contribution >= 4 is 70.6 Å². The number of nitroso groups, excluding NO2 is 1. The van der Waals surface area contributed by atoms with Crippen LogP contribution in [0, 0.1) is 4.91 Å². The normalized spacial score (nSPS) is 19.8. The summed E-state index contributed by atoms with van der Waals surface area (Å²) in [6.45, 7) is 1.12. The molecule has 230 valence electrons. The molecule has 2 N–H and O–H groups in total. The lowest BCUT2D eigenvalue weighted by Crippen LogP contribution is -2.70. The molecule has 3 heterocycles. The molecule has 1 fully saturated rings. The number of fused-ring (bicyclic) bond motifs is 1. The molecule has 2 unspecified atom stereocenters. The molecule has 13 nitrogen and oxygen atoms in total. The maximum Gasteiger partial charge on any atom is 0.352 e. The van der Waals surface area contributed by atoms with Gasteiger partial charge in [-0.25, -0.2) is 4.79 Å². The number of ether oxygens (including phenoxy) is 2. The molecule has 0 aliphatic carbocycles. The van der Waals surface area contributed by atoms with E-state index in [2.05, 4.69) is 5.32 Å². The van der Waals surface area contributed by atoms with Crippen molar-refractivity contribution in [2.24, 2.45) is 0 Å². The van der Waals surface area contributed by atoms with E-state index in [1.165, 1.54) is 53.3 Å². The van der Waals surface area contributed by atoms with Gasteiger partial charge in [-0.15, -0.1) is 35.3 Å². The molecule has 1 aromatic carbocycles. The molecule has 16 heteroatoms. The predicted molar refractivity (Wildman–Crippen MR) is 161 cm³/mol. The number of hydrogen-bond donors (Lipinski definition) is 2. The van der Waals surface area contributed by atoms with Crippen LogP contribution in [0.1, 0.15) is 6.42 Å². The van der Waals surface area contributed by atoms with Gasteiger partial charge in [0.15, 0.2) is 7.05 Å². The smallest absolute Gasteiger partial charge is 0.352 e. The molecule has 3 aliphatic rings. The number of imide groups is 1. The van der Waals surface area contributed by atoms with E-state index in [0.717, 1.165) is 14.6 Å². The summed E-state index contributed by atoms with van der Waals surface area (Å²) in [7, 11) is 2.96. The second-order valence-electron chi connectivity index (χ2n) is 9.50. The fraction of sp³-hybridized carbons (Fsp3) is 0.444. The van der Waals surface area contributed by atoms with Crippen molar-refractivity contribution in [3.8, 4) is 0 Å². The lowest BCUT2D eigenvalue weighted by atomic mass is 10.0. The van der Waals surface area contributed by atoms with E-state index >= 15 is 0 Å². The molecule has 4 rings (SSSR count). The standard InChI is InChI=1S/C27H30N4O9S3/c1-29(38)17-3-5-18(6-4-17)42-14-16-15-43-26-22(25(35)31(26)23(16)27(36)37)28-20(32)7-8-30-21(33)13-19(24(30)34)41-12-11-40-10-9-39-2/h3-6,13,22,26H,7-12,14-15H2,1-2H3,(H-,28,32,36,37)/p+1. The Labute approximate surface area is 260 Å². The molecule has 0 spiro atoms. The number of nitrogens with zero attached hydrogens (tertiary/aromatic N) is 3. The van der Waals surface area contributed by atoms with Gasteiger partial charge in [0.25, 0.3) is 23.4 Å². The zero-order valence-electron chi connectivity index (χ0n) is 23.5. The molecular weight excluding hydrogens is 621 g/mol. The van der Waals surface area contributed by atoms with Crippen LogP contribution in [0.4, 0.5) is 5.69 Å². The second kappa shape index (κ2) is 15.0. The molecule has 0 saturated carbocycles. The van der Waals surface area contributed by atoms with Crippen molar-refractivity contribution in [2.45, 2.75) is 22.7 Å². The highest BCUT2D eigenvalue weighted by Crippen LogP contribution is 2.41. The van der Waals surface area contributed by atoms with Crippen LogP contribution in [-0.4, -0.2) is 118 Å². The van der Waals surface area contributed by atoms with Crippen molar-refractivity contribution in [3.63, 3.8) is 0 Å². The number of thioether (sulfide) groups is 3. The molecule has 4 amide bonds. The summed E-state index contributed by atoms with van der Waals surface area (Å²) in [6.07, 6.45) is 1.04. The predicted octanol–water partition coefficient (Wildman–Crippen LogP) is 1.60. The Morgan fingerprint density at radius 2 is 1.88 bits per heavy atom. The lowest BCUT2D eigenvalue weighted by Gasteiger charge is -2.49. The Kier molecular flexibility index (Phi) is 11.4. The number of carbonyl (C=O) groups is 5. The molecule has 0 bridgehead atoms. The van der Waals surface area contributed by atoms with Gasteiger partial charge in [0.1, 0.15) is 17.1 Å². The summed E-state index contributed by atoms with van der Waals surface area (Å²) in [6, 6.07) is 5.98. The monoisotopic (exact) mass is 651 g/mol. The number of carboxylic acids is 1. The third-order valence-electron chi connectivity index (χ3n) is 6.64. The van der Waals surface area contributed by atoms with Gasteiger partial charge in [-0.3, -0.25) is 29.0 Å². The first kappa shape index (κ1) is 32.7. The highest BCUT2D eigenvalue weighted by Gasteiger charge is 2.54. The van der Waals surface area contributed by atoms with E-state index in [0.29, 0.717) is 48.3 Å². The van der Waals surface area contributed by atoms with Crippen LogP contribution in [0.2, 0.25) is 0 Å². The summed E-state index contributed by atoms with van der Waals surface area (Å²) in [5.41, 5.74) is 0.992. The van der Waals surface area contributed by atoms with E-state index in [1.807, 2.05) is 0 Å². The quantitative estimate of drug-likeness (QED) is 0.0874. The first-order valence-corrected chi connectivity index (χ1v) is 16.2. The Morgan fingerprint density at radius 1 is 1.14 bits per heavy atom. The Hall–Kier alpha value is -3.18. The van der Waals surface area contributed by atoms with E-state index in [4.69, 9.17) is 9.47 Å². The number of carboxylic acid groups (broad SMARTS) is 1. The summed E-state index contributed by atoms with van der Waals surface area (Å²) in [4.78, 5) is 77.4. The Balaban J connectivity index is 1.26. The highest BCUT2D eigenvalue weighted by atomic mass is 32.2. The van der Waals surface area contributed by atoms with Crippen molar-refractivity contribution in [2.75, 3.05) is 57.8 Å². The summed E-state index contributed by atoms with van der Waals surface area (Å²) < 4.78 is 11.0.